The SMILES string of the molecule is C=C[C@@]1(C)CC(C)C2CCC(=O)C2[C@@](C)(C(C)CC)C(OC(=O)Cn2cc(-c3ccc(Cn4cnc(C(=N)N5CCNCC5)c4C)cc3)nn2)C1. The van der Waals surface area contributed by atoms with Gasteiger partial charge in [-0.25, -0.2) is 9.67 Å². The second kappa shape index (κ2) is 14.9. The molecule has 0 amide bonds. The third kappa shape index (κ3) is 7.32. The van der Waals surface area contributed by atoms with Gasteiger partial charge >= 0.3 is 5.97 Å². The van der Waals surface area contributed by atoms with E-state index >= 15 is 0 Å². The fraction of sp³-hybridized carbons (Fsp3) is 0.600. The Kier molecular flexibility index (Phi) is 10.7. The van der Waals surface area contributed by atoms with Crippen molar-refractivity contribution in [1.82, 2.24) is 34.8 Å². The number of nitrogens with one attached hydrogen (secondary N) is 2. The predicted molar refractivity (Wildman–Crippen MR) is 198 cm³/mol. The van der Waals surface area contributed by atoms with Crippen molar-refractivity contribution in [3.63, 3.8) is 0 Å². The van der Waals surface area contributed by atoms with Crippen molar-refractivity contribution in [3.05, 3.63) is 66.4 Å². The van der Waals surface area contributed by atoms with Crippen LogP contribution in [0.4, 0.5) is 0 Å². The smallest absolute Gasteiger partial charge is 0.328 e. The number of benzene rings is 1. The van der Waals surface area contributed by atoms with Crippen LogP contribution < -0.4 is 5.32 Å². The number of carbonyl (C=O) groups is 2. The lowest BCUT2D eigenvalue weighted by Crippen LogP contribution is -2.54. The van der Waals surface area contributed by atoms with Gasteiger partial charge in [-0.3, -0.25) is 15.0 Å². The minimum atomic E-state index is -0.486. The maximum absolute atomic E-state index is 13.7. The number of fused-ring (bicyclic) bond motifs is 1. The molecule has 274 valence electrons. The van der Waals surface area contributed by atoms with Gasteiger partial charge in [0.2, 0.25) is 0 Å². The van der Waals surface area contributed by atoms with Crippen LogP contribution in [-0.2, 0) is 27.4 Å². The van der Waals surface area contributed by atoms with Gasteiger partial charge in [-0.1, -0.05) is 76.6 Å². The van der Waals surface area contributed by atoms with Crippen molar-refractivity contribution in [2.45, 2.75) is 92.8 Å². The van der Waals surface area contributed by atoms with Gasteiger partial charge in [0.05, 0.1) is 12.5 Å². The number of piperazine rings is 1. The van der Waals surface area contributed by atoms with E-state index in [1.54, 1.807) is 6.20 Å². The first-order valence-electron chi connectivity index (χ1n) is 18.8. The van der Waals surface area contributed by atoms with Gasteiger partial charge in [-0.15, -0.1) is 11.7 Å². The Morgan fingerprint density at radius 3 is 2.61 bits per heavy atom. The number of aromatic nitrogens is 5. The second-order valence-corrected chi connectivity index (χ2v) is 15.9. The maximum Gasteiger partial charge on any atom is 0.328 e. The second-order valence-electron chi connectivity index (χ2n) is 15.9. The number of nitrogens with zero attached hydrogens (tertiary/aromatic N) is 6. The van der Waals surface area contributed by atoms with Crippen molar-refractivity contribution >= 4 is 17.6 Å². The first-order chi connectivity index (χ1) is 24.4. The van der Waals surface area contributed by atoms with Crippen molar-refractivity contribution in [2.75, 3.05) is 26.2 Å². The summed E-state index contributed by atoms with van der Waals surface area (Å²) >= 11 is 0. The Morgan fingerprint density at radius 1 is 1.20 bits per heavy atom. The molecule has 3 aliphatic rings. The maximum atomic E-state index is 13.7. The quantitative estimate of drug-likeness (QED) is 0.116. The average Bonchev–Trinajstić information content (AvgIpc) is 3.86. The number of esters is 1. The first kappa shape index (κ1) is 36.7. The monoisotopic (exact) mass is 696 g/mol. The van der Waals surface area contributed by atoms with Gasteiger partial charge in [-0.2, -0.15) is 0 Å². The highest BCUT2D eigenvalue weighted by Gasteiger charge is 2.58. The molecule has 6 rings (SSSR count). The summed E-state index contributed by atoms with van der Waals surface area (Å²) in [5.74, 6) is 1.16. The average molecular weight is 697 g/mol. The minimum absolute atomic E-state index is 0.0629. The number of amidine groups is 1. The number of ketones is 1. The van der Waals surface area contributed by atoms with Crippen LogP contribution >= 0.6 is 0 Å². The molecule has 3 heterocycles. The molecule has 2 N–H and O–H groups in total. The van der Waals surface area contributed by atoms with Crippen molar-refractivity contribution in [2.24, 2.45) is 34.5 Å². The van der Waals surface area contributed by atoms with Gasteiger partial charge in [-0.05, 0) is 54.9 Å². The molecule has 7 atom stereocenters. The minimum Gasteiger partial charge on any atom is -0.460 e. The molecule has 2 aliphatic carbocycles. The largest absolute Gasteiger partial charge is 0.460 e. The summed E-state index contributed by atoms with van der Waals surface area (Å²) in [6, 6.07) is 8.14. The molecule has 3 fully saturated rings. The third-order valence-electron chi connectivity index (χ3n) is 12.7. The summed E-state index contributed by atoms with van der Waals surface area (Å²) in [6.45, 7) is 21.3. The number of hydrogen-bond acceptors (Lipinski definition) is 8. The molecule has 2 saturated carbocycles. The van der Waals surface area contributed by atoms with E-state index in [1.165, 1.54) is 4.68 Å². The summed E-state index contributed by atoms with van der Waals surface area (Å²) < 4.78 is 10.1. The Labute approximate surface area is 302 Å². The van der Waals surface area contributed by atoms with Crippen LogP contribution in [0.1, 0.15) is 83.7 Å². The van der Waals surface area contributed by atoms with E-state index in [-0.39, 0.29) is 35.7 Å². The number of carbonyl (C=O) groups excluding carboxylic acids is 2. The fourth-order valence-electron chi connectivity index (χ4n) is 9.19. The van der Waals surface area contributed by atoms with E-state index in [2.05, 4.69) is 83.4 Å². The van der Waals surface area contributed by atoms with Crippen LogP contribution in [0.15, 0.2) is 49.4 Å². The van der Waals surface area contributed by atoms with E-state index in [4.69, 9.17) is 10.1 Å². The molecule has 5 unspecified atom stereocenters. The van der Waals surface area contributed by atoms with Gasteiger partial charge in [0, 0.05) is 61.7 Å². The Bertz CT molecular complexity index is 1740. The zero-order valence-electron chi connectivity index (χ0n) is 31.3. The van der Waals surface area contributed by atoms with Crippen LogP contribution in [0.3, 0.4) is 0 Å². The number of imidazole rings is 1. The summed E-state index contributed by atoms with van der Waals surface area (Å²) in [7, 11) is 0. The molecule has 3 aromatic rings. The topological polar surface area (TPSA) is 131 Å². The van der Waals surface area contributed by atoms with Gasteiger partial charge in [0.25, 0.3) is 0 Å². The highest BCUT2D eigenvalue weighted by molar-refractivity contribution is 5.95. The highest BCUT2D eigenvalue weighted by atomic mass is 16.5. The van der Waals surface area contributed by atoms with E-state index in [1.807, 2.05) is 31.5 Å². The number of allylic oxidation sites excluding steroid dienone is 1. The van der Waals surface area contributed by atoms with Crippen molar-refractivity contribution in [1.29, 1.82) is 5.41 Å². The molecule has 11 heteroatoms. The molecular weight excluding hydrogens is 640 g/mol. The van der Waals surface area contributed by atoms with Crippen LogP contribution in [0, 0.1) is 46.8 Å². The lowest BCUT2D eigenvalue weighted by molar-refractivity contribution is -0.174. The Balaban J connectivity index is 1.14. The highest BCUT2D eigenvalue weighted by Crippen LogP contribution is 2.57. The van der Waals surface area contributed by atoms with Gasteiger partial charge < -0.3 is 19.5 Å². The van der Waals surface area contributed by atoms with Crippen LogP contribution in [0.2, 0.25) is 0 Å². The van der Waals surface area contributed by atoms with Crippen LogP contribution in [-0.4, -0.2) is 79.3 Å². The summed E-state index contributed by atoms with van der Waals surface area (Å²) in [5.41, 5.74) is 3.66. The molecule has 1 aliphatic heterocycles. The molecule has 0 bridgehead atoms. The lowest BCUT2D eigenvalue weighted by atomic mass is 9.54. The molecule has 51 heavy (non-hydrogen) atoms. The number of ether oxygens (including phenoxy) is 1. The van der Waals surface area contributed by atoms with Crippen molar-refractivity contribution < 1.29 is 14.3 Å². The summed E-state index contributed by atoms with van der Waals surface area (Å²) in [4.78, 5) is 33.9. The van der Waals surface area contributed by atoms with E-state index in [9.17, 15) is 9.59 Å². The predicted octanol–water partition coefficient (Wildman–Crippen LogP) is 5.91. The zero-order chi connectivity index (χ0) is 36.5. The Hall–Kier alpha value is -4.12. The van der Waals surface area contributed by atoms with Gasteiger partial charge in [0.15, 0.2) is 0 Å². The number of hydrogen-bond donors (Lipinski definition) is 2. The molecule has 0 spiro atoms. The van der Waals surface area contributed by atoms with E-state index in [0.717, 1.165) is 68.0 Å². The van der Waals surface area contributed by atoms with Crippen LogP contribution in [0.5, 0.6) is 0 Å². The standard InChI is InChI=1S/C40H56N8O3/c1-8-27(4)40(7)34(21-39(6,9-2)20-26(3)31-14-15-33(49)36(31)40)51-35(50)24-48-23-32(44-45-48)30-12-10-29(11-13-30)22-47-25-43-37(28(47)5)38(41)46-18-16-42-17-19-46/h9-13,23,25-27,31,34,36,41-42H,2,8,14-22,24H2,1,3-7H3/t26?,27?,31?,34?,36?,39-,40-/m0/s1. The number of rotatable bonds is 10. The zero-order valence-corrected chi connectivity index (χ0v) is 31.3. The number of Topliss-reactive ketones (excluding diaryl/α,β-unsaturated/α-hetero) is 1. The normalized spacial score (nSPS) is 28.8. The molecule has 2 aromatic heterocycles. The van der Waals surface area contributed by atoms with Crippen molar-refractivity contribution in [3.8, 4) is 11.3 Å². The Morgan fingerprint density at radius 2 is 1.92 bits per heavy atom. The third-order valence-corrected chi connectivity index (χ3v) is 12.7. The molecule has 11 nitrogen and oxygen atoms in total. The molecule has 1 aromatic carbocycles. The van der Waals surface area contributed by atoms with E-state index < -0.39 is 11.5 Å². The molecule has 0 radical (unpaired) electrons. The van der Waals surface area contributed by atoms with Crippen LogP contribution in [0.25, 0.3) is 11.3 Å². The molecular formula is C40H56N8O3. The molecule has 1 saturated heterocycles. The fourth-order valence-corrected chi connectivity index (χ4v) is 9.19. The summed E-state index contributed by atoms with van der Waals surface area (Å²) in [6.07, 6.45) is 9.16. The van der Waals surface area contributed by atoms with Gasteiger partial charge in [0.1, 0.15) is 35.7 Å². The first-order valence-corrected chi connectivity index (χ1v) is 18.8. The summed E-state index contributed by atoms with van der Waals surface area (Å²) in [5, 5.41) is 20.7. The lowest BCUT2D eigenvalue weighted by Gasteiger charge is -2.52. The van der Waals surface area contributed by atoms with E-state index in [0.29, 0.717) is 42.6 Å².